The highest BCUT2D eigenvalue weighted by molar-refractivity contribution is 9.12. The molecule has 0 unspecified atom stereocenters. The van der Waals surface area contributed by atoms with Crippen molar-refractivity contribution in [1.82, 2.24) is 0 Å². The molecule has 0 amide bonds. The van der Waals surface area contributed by atoms with E-state index in [-0.39, 0.29) is 5.97 Å². The lowest BCUT2D eigenvalue weighted by Gasteiger charge is -1.99. The van der Waals surface area contributed by atoms with Crippen LogP contribution in [-0.4, -0.2) is 13.1 Å². The minimum absolute atomic E-state index is 0.102. The summed E-state index contributed by atoms with van der Waals surface area (Å²) < 4.78 is 4.55. The quantitative estimate of drug-likeness (QED) is 0.399. The first-order valence-corrected chi connectivity index (χ1v) is 5.76. The molecule has 0 bridgehead atoms. The van der Waals surface area contributed by atoms with Crippen molar-refractivity contribution in [3.63, 3.8) is 0 Å². The third-order valence-corrected chi connectivity index (χ3v) is 2.26. The molecule has 0 atom stereocenters. The van der Waals surface area contributed by atoms with Gasteiger partial charge in [-0.3, -0.25) is 4.79 Å². The van der Waals surface area contributed by atoms with Gasteiger partial charge in [0.2, 0.25) is 0 Å². The summed E-state index contributed by atoms with van der Waals surface area (Å²) in [6.45, 7) is 0. The van der Waals surface area contributed by atoms with Gasteiger partial charge in [0.1, 0.15) is 0 Å². The Balaban J connectivity index is 3.05. The van der Waals surface area contributed by atoms with Crippen molar-refractivity contribution in [3.8, 4) is 10.8 Å². The zero-order valence-corrected chi connectivity index (χ0v) is 10.2. The SMILES string of the molecule is COC(=O)CCCCCCCC#CBr. The van der Waals surface area contributed by atoms with Crippen LogP contribution in [0, 0.1) is 10.8 Å². The topological polar surface area (TPSA) is 26.3 Å². The molecule has 0 saturated heterocycles. The van der Waals surface area contributed by atoms with E-state index in [1.54, 1.807) is 0 Å². The molecule has 0 spiro atoms. The lowest BCUT2D eigenvalue weighted by atomic mass is 10.1. The molecule has 0 aliphatic rings. The first-order chi connectivity index (χ1) is 6.81. The average molecular weight is 261 g/mol. The van der Waals surface area contributed by atoms with E-state index in [4.69, 9.17) is 0 Å². The van der Waals surface area contributed by atoms with Crippen molar-refractivity contribution >= 4 is 21.9 Å². The number of esters is 1. The van der Waals surface area contributed by atoms with Crippen molar-refractivity contribution in [3.05, 3.63) is 0 Å². The van der Waals surface area contributed by atoms with Gasteiger partial charge in [0.25, 0.3) is 0 Å². The Morgan fingerprint density at radius 2 is 1.86 bits per heavy atom. The molecule has 0 aromatic carbocycles. The van der Waals surface area contributed by atoms with Crippen LogP contribution in [0.3, 0.4) is 0 Å². The molecular formula is C11H17BrO2. The van der Waals surface area contributed by atoms with Gasteiger partial charge in [-0.1, -0.05) is 25.2 Å². The van der Waals surface area contributed by atoms with E-state index >= 15 is 0 Å². The predicted molar refractivity (Wildman–Crippen MR) is 61.0 cm³/mol. The average Bonchev–Trinajstić information content (AvgIpc) is 2.21. The van der Waals surface area contributed by atoms with E-state index in [1.165, 1.54) is 20.0 Å². The zero-order valence-electron chi connectivity index (χ0n) is 8.64. The van der Waals surface area contributed by atoms with Crippen LogP contribution in [0.1, 0.15) is 44.9 Å². The van der Waals surface area contributed by atoms with Gasteiger partial charge < -0.3 is 4.74 Å². The lowest BCUT2D eigenvalue weighted by Crippen LogP contribution is -1.98. The van der Waals surface area contributed by atoms with Crippen LogP contribution >= 0.6 is 15.9 Å². The fourth-order valence-electron chi connectivity index (χ4n) is 1.16. The summed E-state index contributed by atoms with van der Waals surface area (Å²) in [4.78, 5) is 13.4. The molecule has 0 aromatic heterocycles. The molecule has 0 aliphatic heterocycles. The maximum Gasteiger partial charge on any atom is 0.305 e. The number of carbonyl (C=O) groups is 1. The highest BCUT2D eigenvalue weighted by Gasteiger charge is 1.98. The number of unbranched alkanes of at least 4 members (excludes halogenated alkanes) is 5. The molecule has 0 aliphatic carbocycles. The molecule has 0 heterocycles. The fraction of sp³-hybridized carbons (Fsp3) is 0.727. The third kappa shape index (κ3) is 9.60. The number of carbonyl (C=O) groups excluding carboxylic acids is 1. The summed E-state index contributed by atoms with van der Waals surface area (Å²) in [7, 11) is 1.43. The lowest BCUT2D eigenvalue weighted by molar-refractivity contribution is -0.140. The molecule has 0 N–H and O–H groups in total. The predicted octanol–water partition coefficient (Wildman–Crippen LogP) is 3.25. The monoisotopic (exact) mass is 260 g/mol. The molecule has 0 radical (unpaired) electrons. The summed E-state index contributed by atoms with van der Waals surface area (Å²) in [6, 6.07) is 0. The van der Waals surface area contributed by atoms with Crippen molar-refractivity contribution < 1.29 is 9.53 Å². The fourth-order valence-corrected chi connectivity index (χ4v) is 1.36. The number of methoxy groups -OCH3 is 1. The van der Waals surface area contributed by atoms with Gasteiger partial charge in [-0.25, -0.2) is 0 Å². The van der Waals surface area contributed by atoms with E-state index in [2.05, 4.69) is 31.4 Å². The maximum absolute atomic E-state index is 10.7. The Hall–Kier alpha value is -0.490. The van der Waals surface area contributed by atoms with Gasteiger partial charge in [0, 0.05) is 28.8 Å². The molecule has 14 heavy (non-hydrogen) atoms. The molecule has 3 heteroatoms. The number of hydrogen-bond acceptors (Lipinski definition) is 2. The second-order valence-electron chi connectivity index (χ2n) is 3.12. The number of ether oxygens (including phenoxy) is 1. The van der Waals surface area contributed by atoms with Gasteiger partial charge in [0.05, 0.1) is 7.11 Å². The van der Waals surface area contributed by atoms with E-state index in [0.717, 1.165) is 25.7 Å². The van der Waals surface area contributed by atoms with Gasteiger partial charge in [0.15, 0.2) is 0 Å². The minimum Gasteiger partial charge on any atom is -0.469 e. The first kappa shape index (κ1) is 13.5. The van der Waals surface area contributed by atoms with Crippen LogP contribution in [0.2, 0.25) is 0 Å². The molecule has 0 fully saturated rings. The smallest absolute Gasteiger partial charge is 0.305 e. The van der Waals surface area contributed by atoms with Crippen LogP contribution in [0.4, 0.5) is 0 Å². The molecule has 2 nitrogen and oxygen atoms in total. The molecule has 0 aromatic rings. The largest absolute Gasteiger partial charge is 0.469 e. The van der Waals surface area contributed by atoms with Crippen molar-refractivity contribution in [1.29, 1.82) is 0 Å². The Morgan fingerprint density at radius 1 is 1.21 bits per heavy atom. The third-order valence-electron chi connectivity index (χ3n) is 1.98. The van der Waals surface area contributed by atoms with Gasteiger partial charge in [-0.2, -0.15) is 0 Å². The van der Waals surface area contributed by atoms with E-state index in [1.807, 2.05) is 0 Å². The summed E-state index contributed by atoms with van der Waals surface area (Å²) in [5, 5.41) is 0. The van der Waals surface area contributed by atoms with Crippen LogP contribution in [0.5, 0.6) is 0 Å². The summed E-state index contributed by atoms with van der Waals surface area (Å²) in [5.74, 6) is 2.86. The van der Waals surface area contributed by atoms with Crippen LogP contribution in [-0.2, 0) is 9.53 Å². The summed E-state index contributed by atoms with van der Waals surface area (Å²) in [5.41, 5.74) is 0. The highest BCUT2D eigenvalue weighted by Crippen LogP contribution is 2.07. The first-order valence-electron chi connectivity index (χ1n) is 4.96. The molecular weight excluding hydrogens is 244 g/mol. The van der Waals surface area contributed by atoms with Crippen LogP contribution in [0.15, 0.2) is 0 Å². The Labute approximate surface area is 94.5 Å². The number of hydrogen-bond donors (Lipinski definition) is 0. The van der Waals surface area contributed by atoms with Crippen molar-refractivity contribution in [2.24, 2.45) is 0 Å². The van der Waals surface area contributed by atoms with E-state index < -0.39 is 0 Å². The minimum atomic E-state index is -0.102. The Morgan fingerprint density at radius 3 is 2.50 bits per heavy atom. The molecule has 80 valence electrons. The second kappa shape index (κ2) is 10.6. The number of rotatable bonds is 7. The summed E-state index contributed by atoms with van der Waals surface area (Å²) >= 11 is 3.05. The highest BCUT2D eigenvalue weighted by atomic mass is 79.9. The van der Waals surface area contributed by atoms with Crippen molar-refractivity contribution in [2.75, 3.05) is 7.11 Å². The molecule has 0 saturated carbocycles. The normalized spacial score (nSPS) is 9.00. The van der Waals surface area contributed by atoms with Crippen LogP contribution < -0.4 is 0 Å². The maximum atomic E-state index is 10.7. The number of halogens is 1. The van der Waals surface area contributed by atoms with Gasteiger partial charge in [-0.05, 0) is 17.7 Å². The standard InChI is InChI=1S/C11H17BrO2/c1-14-11(13)9-7-5-3-2-4-6-8-10-12/h2-7,9H2,1H3. The van der Waals surface area contributed by atoms with Crippen LogP contribution in [0.25, 0.3) is 0 Å². The Kier molecular flexibility index (Phi) is 10.2. The van der Waals surface area contributed by atoms with Gasteiger partial charge >= 0.3 is 5.97 Å². The van der Waals surface area contributed by atoms with E-state index in [9.17, 15) is 4.79 Å². The van der Waals surface area contributed by atoms with Gasteiger partial charge in [-0.15, -0.1) is 0 Å². The molecule has 0 rings (SSSR count). The Bertz CT molecular complexity index is 203. The second-order valence-corrected chi connectivity index (χ2v) is 3.51. The van der Waals surface area contributed by atoms with E-state index in [0.29, 0.717) is 6.42 Å². The summed E-state index contributed by atoms with van der Waals surface area (Å²) in [6.07, 6.45) is 7.09. The van der Waals surface area contributed by atoms with Crippen molar-refractivity contribution in [2.45, 2.75) is 44.9 Å². The zero-order chi connectivity index (χ0) is 10.6.